The summed E-state index contributed by atoms with van der Waals surface area (Å²) in [6, 6.07) is 41.9. The molecule has 2 atom stereocenters. The Labute approximate surface area is 227 Å². The Hall–Kier alpha value is -3.84. The molecule has 0 bridgehead atoms. The standard InChI is InChI=1S/C37H37N/c1-27-13-10-11-24-37(2,26-27)35-20-8-9-21-36(35)38-30-17-12-16-29(25-30)32-23-22-31(28-14-4-3-5-15-28)33-18-6-7-19-34(32)33/h3-9,12,14-23,25,27,38H,10-11,13,24,26H2,1-2H3/t27-,37?/m1/s1. The van der Waals surface area contributed by atoms with Crippen LogP contribution in [0.5, 0.6) is 0 Å². The molecule has 0 spiro atoms. The van der Waals surface area contributed by atoms with Crippen molar-refractivity contribution in [1.29, 1.82) is 0 Å². The molecule has 1 nitrogen and oxygen atoms in total. The molecule has 0 heterocycles. The van der Waals surface area contributed by atoms with Crippen LogP contribution in [0.2, 0.25) is 0 Å². The zero-order valence-electron chi connectivity index (χ0n) is 22.6. The summed E-state index contributed by atoms with van der Waals surface area (Å²) in [4.78, 5) is 0. The molecule has 5 aromatic rings. The number of fused-ring (bicyclic) bond motifs is 1. The topological polar surface area (TPSA) is 12.0 Å². The minimum atomic E-state index is 0.209. The van der Waals surface area contributed by atoms with E-state index < -0.39 is 0 Å². The number of rotatable bonds is 5. The van der Waals surface area contributed by atoms with Crippen molar-refractivity contribution >= 4 is 22.1 Å². The third-order valence-corrected chi connectivity index (χ3v) is 8.51. The molecule has 5 aromatic carbocycles. The second-order valence-electron chi connectivity index (χ2n) is 11.4. The monoisotopic (exact) mass is 495 g/mol. The average molecular weight is 496 g/mol. The maximum atomic E-state index is 3.83. The van der Waals surface area contributed by atoms with E-state index in [0.29, 0.717) is 0 Å². The number of anilines is 2. The Bertz CT molecular complexity index is 1550. The van der Waals surface area contributed by atoms with Crippen LogP contribution in [0.4, 0.5) is 11.4 Å². The second kappa shape index (κ2) is 10.5. The van der Waals surface area contributed by atoms with Gasteiger partial charge in [0.05, 0.1) is 0 Å². The first-order chi connectivity index (χ1) is 18.6. The first-order valence-corrected chi connectivity index (χ1v) is 14.1. The Morgan fingerprint density at radius 3 is 2.11 bits per heavy atom. The van der Waals surface area contributed by atoms with Gasteiger partial charge in [-0.2, -0.15) is 0 Å². The molecule has 1 aliphatic rings. The highest BCUT2D eigenvalue weighted by Gasteiger charge is 2.32. The Morgan fingerprint density at radius 2 is 1.32 bits per heavy atom. The summed E-state index contributed by atoms with van der Waals surface area (Å²) in [7, 11) is 0. The quantitative estimate of drug-likeness (QED) is 0.239. The molecule has 190 valence electrons. The lowest BCUT2D eigenvalue weighted by atomic mass is 9.73. The van der Waals surface area contributed by atoms with Crippen LogP contribution in [0.25, 0.3) is 33.0 Å². The fourth-order valence-corrected chi connectivity index (χ4v) is 6.68. The van der Waals surface area contributed by atoms with Gasteiger partial charge in [-0.3, -0.25) is 0 Å². The Balaban J connectivity index is 1.37. The summed E-state index contributed by atoms with van der Waals surface area (Å²) >= 11 is 0. The van der Waals surface area contributed by atoms with Gasteiger partial charge in [-0.25, -0.2) is 0 Å². The molecule has 6 rings (SSSR count). The van der Waals surface area contributed by atoms with Gasteiger partial charge < -0.3 is 5.32 Å². The van der Waals surface area contributed by atoms with Crippen LogP contribution in [0.1, 0.15) is 51.5 Å². The molecule has 1 saturated carbocycles. The maximum Gasteiger partial charge on any atom is 0.0422 e. The Kier molecular flexibility index (Phi) is 6.77. The number of hydrogen-bond acceptors (Lipinski definition) is 1. The van der Waals surface area contributed by atoms with E-state index in [0.717, 1.165) is 11.6 Å². The van der Waals surface area contributed by atoms with Crippen LogP contribution < -0.4 is 5.32 Å². The smallest absolute Gasteiger partial charge is 0.0422 e. The summed E-state index contributed by atoms with van der Waals surface area (Å²) in [5.41, 5.74) is 9.07. The van der Waals surface area contributed by atoms with Crippen LogP contribution in [-0.4, -0.2) is 0 Å². The van der Waals surface area contributed by atoms with Crippen LogP contribution in [-0.2, 0) is 5.41 Å². The van der Waals surface area contributed by atoms with Crippen molar-refractivity contribution in [2.24, 2.45) is 5.92 Å². The summed E-state index contributed by atoms with van der Waals surface area (Å²) in [6.45, 7) is 4.91. The molecule has 38 heavy (non-hydrogen) atoms. The largest absolute Gasteiger partial charge is 0.355 e. The summed E-state index contributed by atoms with van der Waals surface area (Å²) in [5.74, 6) is 0.769. The predicted octanol–water partition coefficient (Wildman–Crippen LogP) is 10.8. The molecule has 0 aromatic heterocycles. The van der Waals surface area contributed by atoms with E-state index in [1.54, 1.807) is 0 Å². The van der Waals surface area contributed by atoms with Crippen molar-refractivity contribution < 1.29 is 0 Å². The summed E-state index contributed by atoms with van der Waals surface area (Å²) in [6.07, 6.45) is 6.54. The van der Waals surface area contributed by atoms with Gasteiger partial charge >= 0.3 is 0 Å². The molecular weight excluding hydrogens is 458 g/mol. The lowest BCUT2D eigenvalue weighted by Crippen LogP contribution is -2.24. The van der Waals surface area contributed by atoms with Crippen molar-refractivity contribution in [3.63, 3.8) is 0 Å². The molecule has 1 unspecified atom stereocenters. The average Bonchev–Trinajstić information content (AvgIpc) is 3.13. The third-order valence-electron chi connectivity index (χ3n) is 8.51. The molecule has 0 amide bonds. The maximum absolute atomic E-state index is 3.83. The van der Waals surface area contributed by atoms with E-state index in [1.165, 1.54) is 76.4 Å². The highest BCUT2D eigenvalue weighted by atomic mass is 14.9. The van der Waals surface area contributed by atoms with Gasteiger partial charge in [0.15, 0.2) is 0 Å². The molecule has 0 radical (unpaired) electrons. The lowest BCUT2D eigenvalue weighted by molar-refractivity contribution is 0.357. The second-order valence-corrected chi connectivity index (χ2v) is 11.4. The molecule has 0 saturated heterocycles. The first-order valence-electron chi connectivity index (χ1n) is 14.1. The predicted molar refractivity (Wildman–Crippen MR) is 164 cm³/mol. The molecule has 1 fully saturated rings. The highest BCUT2D eigenvalue weighted by Crippen LogP contribution is 2.44. The molecule has 1 aliphatic carbocycles. The summed E-state index contributed by atoms with van der Waals surface area (Å²) < 4.78 is 0. The van der Waals surface area contributed by atoms with E-state index in [2.05, 4.69) is 134 Å². The van der Waals surface area contributed by atoms with Gasteiger partial charge in [0, 0.05) is 11.4 Å². The molecule has 1 N–H and O–H groups in total. The van der Waals surface area contributed by atoms with E-state index in [-0.39, 0.29) is 5.41 Å². The van der Waals surface area contributed by atoms with Gasteiger partial charge in [0.1, 0.15) is 0 Å². The van der Waals surface area contributed by atoms with Crippen molar-refractivity contribution in [1.82, 2.24) is 0 Å². The van der Waals surface area contributed by atoms with Crippen molar-refractivity contribution in [2.45, 2.75) is 51.4 Å². The lowest BCUT2D eigenvalue weighted by Gasteiger charge is -2.33. The first kappa shape index (κ1) is 24.5. The molecular formula is C37H37N. The Morgan fingerprint density at radius 1 is 0.658 bits per heavy atom. The summed E-state index contributed by atoms with van der Waals surface area (Å²) in [5, 5.41) is 6.40. The molecule has 1 heteroatoms. The van der Waals surface area contributed by atoms with Crippen LogP contribution >= 0.6 is 0 Å². The highest BCUT2D eigenvalue weighted by molar-refractivity contribution is 6.05. The van der Waals surface area contributed by atoms with Crippen LogP contribution in [0, 0.1) is 5.92 Å². The van der Waals surface area contributed by atoms with Gasteiger partial charge in [0.25, 0.3) is 0 Å². The van der Waals surface area contributed by atoms with Gasteiger partial charge in [0.2, 0.25) is 0 Å². The zero-order chi connectivity index (χ0) is 26.0. The van der Waals surface area contributed by atoms with Gasteiger partial charge in [-0.05, 0) is 81.0 Å². The van der Waals surface area contributed by atoms with Gasteiger partial charge in [-0.1, -0.05) is 130 Å². The number of hydrogen-bond donors (Lipinski definition) is 1. The van der Waals surface area contributed by atoms with E-state index in [1.807, 2.05) is 0 Å². The fraction of sp³-hybridized carbons (Fsp3) is 0.243. The van der Waals surface area contributed by atoms with E-state index in [4.69, 9.17) is 0 Å². The van der Waals surface area contributed by atoms with Crippen LogP contribution in [0.15, 0.2) is 115 Å². The fourth-order valence-electron chi connectivity index (χ4n) is 6.68. The van der Waals surface area contributed by atoms with Crippen LogP contribution in [0.3, 0.4) is 0 Å². The van der Waals surface area contributed by atoms with E-state index >= 15 is 0 Å². The number of para-hydroxylation sites is 1. The third kappa shape index (κ3) is 4.86. The van der Waals surface area contributed by atoms with Crippen molar-refractivity contribution in [3.8, 4) is 22.3 Å². The number of benzene rings is 5. The molecule has 0 aliphatic heterocycles. The SMILES string of the molecule is C[C@@H]1CCCCC(C)(c2ccccc2Nc2cccc(-c3ccc(-c4ccccc4)c4ccccc34)c2)C1. The zero-order valence-corrected chi connectivity index (χ0v) is 22.6. The number of nitrogens with one attached hydrogen (secondary N) is 1. The minimum absolute atomic E-state index is 0.209. The van der Waals surface area contributed by atoms with Crippen molar-refractivity contribution in [3.05, 3.63) is 121 Å². The van der Waals surface area contributed by atoms with Gasteiger partial charge in [-0.15, -0.1) is 0 Å². The van der Waals surface area contributed by atoms with E-state index in [9.17, 15) is 0 Å². The van der Waals surface area contributed by atoms with Crippen molar-refractivity contribution in [2.75, 3.05) is 5.32 Å². The minimum Gasteiger partial charge on any atom is -0.355 e. The normalized spacial score (nSPS) is 19.7.